The van der Waals surface area contributed by atoms with E-state index in [1.807, 2.05) is 36.4 Å². The van der Waals surface area contributed by atoms with Crippen molar-refractivity contribution in [2.45, 2.75) is 50.2 Å². The second-order valence-electron chi connectivity index (χ2n) is 5.76. The van der Waals surface area contributed by atoms with Gasteiger partial charge in [0.25, 0.3) is 0 Å². The second-order valence-corrected chi connectivity index (χ2v) is 5.76. The Morgan fingerprint density at radius 2 is 2.00 bits per heavy atom. The fourth-order valence-corrected chi connectivity index (χ4v) is 2.78. The highest BCUT2D eigenvalue weighted by atomic mass is 16.3. The number of rotatable bonds is 5. The molecule has 4 N–H and O–H groups in total. The lowest BCUT2D eigenvalue weighted by Crippen LogP contribution is -2.28. The summed E-state index contributed by atoms with van der Waals surface area (Å²) in [5, 5.41) is 20.4. The molecule has 1 saturated carbocycles. The van der Waals surface area contributed by atoms with Crippen molar-refractivity contribution in [3.63, 3.8) is 0 Å². The largest absolute Gasteiger partial charge is 0.388 e. The van der Waals surface area contributed by atoms with Gasteiger partial charge >= 0.3 is 0 Å². The Labute approximate surface area is 121 Å². The van der Waals surface area contributed by atoms with E-state index in [0.29, 0.717) is 13.0 Å². The maximum absolute atomic E-state index is 10.4. The fourth-order valence-electron chi connectivity index (χ4n) is 2.78. The van der Waals surface area contributed by atoms with E-state index in [-0.39, 0.29) is 0 Å². The van der Waals surface area contributed by atoms with Crippen molar-refractivity contribution < 1.29 is 10.2 Å². The summed E-state index contributed by atoms with van der Waals surface area (Å²) in [5.41, 5.74) is 6.72. The zero-order valence-electron chi connectivity index (χ0n) is 12.0. The van der Waals surface area contributed by atoms with E-state index < -0.39 is 11.7 Å². The fraction of sp³-hybridized carbons (Fsp3) is 0.529. The third kappa shape index (κ3) is 4.17. The van der Waals surface area contributed by atoms with Gasteiger partial charge in [-0.1, -0.05) is 49.6 Å². The van der Waals surface area contributed by atoms with E-state index in [0.717, 1.165) is 36.8 Å². The van der Waals surface area contributed by atoms with Crippen molar-refractivity contribution in [3.05, 3.63) is 41.5 Å². The van der Waals surface area contributed by atoms with Crippen LogP contribution in [0.1, 0.15) is 55.8 Å². The molecule has 1 aliphatic rings. The Hall–Kier alpha value is -1.16. The summed E-state index contributed by atoms with van der Waals surface area (Å²) in [6.07, 6.45) is 9.04. The van der Waals surface area contributed by atoms with Crippen LogP contribution in [-0.4, -0.2) is 22.4 Å². The normalized spacial score (nSPS) is 20.1. The topological polar surface area (TPSA) is 66.5 Å². The zero-order chi connectivity index (χ0) is 14.4. The number of aliphatic hydroxyl groups is 2. The zero-order valence-corrected chi connectivity index (χ0v) is 12.0. The molecule has 0 saturated heterocycles. The van der Waals surface area contributed by atoms with Crippen LogP contribution in [0.3, 0.4) is 0 Å². The molecule has 1 fully saturated rings. The van der Waals surface area contributed by atoms with Gasteiger partial charge in [-0.3, -0.25) is 0 Å². The highest BCUT2D eigenvalue weighted by Crippen LogP contribution is 2.30. The Kier molecular flexibility index (Phi) is 5.35. The molecule has 1 aromatic rings. The number of hydrogen-bond donors (Lipinski definition) is 3. The molecule has 1 aliphatic carbocycles. The van der Waals surface area contributed by atoms with Gasteiger partial charge in [0.2, 0.25) is 0 Å². The predicted molar refractivity (Wildman–Crippen MR) is 82.1 cm³/mol. The second kappa shape index (κ2) is 7.02. The highest BCUT2D eigenvalue weighted by Gasteiger charge is 2.25. The molecule has 20 heavy (non-hydrogen) atoms. The van der Waals surface area contributed by atoms with Crippen molar-refractivity contribution in [1.29, 1.82) is 0 Å². The van der Waals surface area contributed by atoms with E-state index in [4.69, 9.17) is 5.73 Å². The molecule has 0 spiro atoms. The van der Waals surface area contributed by atoms with Gasteiger partial charge in [-0.15, -0.1) is 0 Å². The standard InChI is InChI=1S/C17H25NO2/c18-12-8-16(19)15-6-4-5-14(13-15)7-11-17(20)9-2-1-3-10-17/h4-7,11,13,16,19-20H,1-3,8-10,12,18H2/b11-7+. The maximum atomic E-state index is 10.4. The first-order valence-electron chi connectivity index (χ1n) is 7.53. The van der Waals surface area contributed by atoms with E-state index in [9.17, 15) is 10.2 Å². The number of hydrogen-bond acceptors (Lipinski definition) is 3. The maximum Gasteiger partial charge on any atom is 0.0830 e. The summed E-state index contributed by atoms with van der Waals surface area (Å²) in [5.74, 6) is 0. The molecule has 0 amide bonds. The minimum atomic E-state index is -0.649. The summed E-state index contributed by atoms with van der Waals surface area (Å²) in [6, 6.07) is 7.79. The SMILES string of the molecule is NCCC(O)c1cccc(/C=C/C2(O)CCCCC2)c1. The third-order valence-electron chi connectivity index (χ3n) is 4.04. The van der Waals surface area contributed by atoms with Crippen LogP contribution in [-0.2, 0) is 0 Å². The third-order valence-corrected chi connectivity index (χ3v) is 4.04. The first kappa shape index (κ1) is 15.2. The van der Waals surface area contributed by atoms with Crippen molar-refractivity contribution in [3.8, 4) is 0 Å². The highest BCUT2D eigenvalue weighted by molar-refractivity contribution is 5.52. The van der Waals surface area contributed by atoms with E-state index in [2.05, 4.69) is 0 Å². The van der Waals surface area contributed by atoms with Crippen LogP contribution in [0, 0.1) is 0 Å². The minimum Gasteiger partial charge on any atom is -0.388 e. The first-order valence-corrected chi connectivity index (χ1v) is 7.53. The van der Waals surface area contributed by atoms with Gasteiger partial charge < -0.3 is 15.9 Å². The van der Waals surface area contributed by atoms with Crippen LogP contribution >= 0.6 is 0 Å². The molecule has 1 aromatic carbocycles. The molecular weight excluding hydrogens is 250 g/mol. The molecule has 110 valence electrons. The lowest BCUT2D eigenvalue weighted by molar-refractivity contribution is 0.0521. The molecule has 0 aliphatic heterocycles. The van der Waals surface area contributed by atoms with Crippen LogP contribution in [0.5, 0.6) is 0 Å². The smallest absolute Gasteiger partial charge is 0.0830 e. The Morgan fingerprint density at radius 1 is 1.25 bits per heavy atom. The molecule has 2 rings (SSSR count). The number of aliphatic hydroxyl groups excluding tert-OH is 1. The van der Waals surface area contributed by atoms with Gasteiger partial charge in [0.15, 0.2) is 0 Å². The molecule has 1 atom stereocenters. The Balaban J connectivity index is 2.07. The van der Waals surface area contributed by atoms with Crippen LogP contribution in [0.2, 0.25) is 0 Å². The molecule has 1 unspecified atom stereocenters. The van der Waals surface area contributed by atoms with Crippen LogP contribution < -0.4 is 5.73 Å². The number of nitrogens with two attached hydrogens (primary N) is 1. The molecule has 3 heteroatoms. The first-order chi connectivity index (χ1) is 9.63. The van der Waals surface area contributed by atoms with E-state index in [1.54, 1.807) is 0 Å². The van der Waals surface area contributed by atoms with E-state index >= 15 is 0 Å². The van der Waals surface area contributed by atoms with Crippen LogP contribution in [0.25, 0.3) is 6.08 Å². The van der Waals surface area contributed by atoms with Crippen LogP contribution in [0.4, 0.5) is 0 Å². The van der Waals surface area contributed by atoms with Crippen molar-refractivity contribution in [2.24, 2.45) is 5.73 Å². The summed E-state index contributed by atoms with van der Waals surface area (Å²) in [6.45, 7) is 0.473. The summed E-state index contributed by atoms with van der Waals surface area (Å²) in [7, 11) is 0. The van der Waals surface area contributed by atoms with Gasteiger partial charge in [-0.05, 0) is 43.0 Å². The molecule has 0 heterocycles. The molecule has 0 aromatic heterocycles. The molecule has 0 bridgehead atoms. The van der Waals surface area contributed by atoms with Gasteiger partial charge in [0.1, 0.15) is 0 Å². The number of benzene rings is 1. The molecular formula is C17H25NO2. The monoisotopic (exact) mass is 275 g/mol. The van der Waals surface area contributed by atoms with Gasteiger partial charge in [-0.25, -0.2) is 0 Å². The van der Waals surface area contributed by atoms with E-state index in [1.165, 1.54) is 6.42 Å². The quantitative estimate of drug-likeness (QED) is 0.774. The molecule has 0 radical (unpaired) electrons. The van der Waals surface area contributed by atoms with Gasteiger partial charge in [0, 0.05) is 0 Å². The summed E-state index contributed by atoms with van der Waals surface area (Å²) < 4.78 is 0. The predicted octanol–water partition coefficient (Wildman–Crippen LogP) is 2.78. The lowest BCUT2D eigenvalue weighted by atomic mass is 9.84. The summed E-state index contributed by atoms with van der Waals surface area (Å²) >= 11 is 0. The van der Waals surface area contributed by atoms with Crippen molar-refractivity contribution >= 4 is 6.08 Å². The van der Waals surface area contributed by atoms with Gasteiger partial charge in [0.05, 0.1) is 11.7 Å². The lowest BCUT2D eigenvalue weighted by Gasteiger charge is -2.28. The van der Waals surface area contributed by atoms with Crippen molar-refractivity contribution in [1.82, 2.24) is 0 Å². The Bertz CT molecular complexity index is 450. The average molecular weight is 275 g/mol. The minimum absolute atomic E-state index is 0.473. The Morgan fingerprint density at radius 3 is 2.70 bits per heavy atom. The van der Waals surface area contributed by atoms with Gasteiger partial charge in [-0.2, -0.15) is 0 Å². The molecule has 3 nitrogen and oxygen atoms in total. The van der Waals surface area contributed by atoms with Crippen LogP contribution in [0.15, 0.2) is 30.3 Å². The van der Waals surface area contributed by atoms with Crippen molar-refractivity contribution in [2.75, 3.05) is 6.54 Å². The summed E-state index contributed by atoms with van der Waals surface area (Å²) in [4.78, 5) is 0. The average Bonchev–Trinajstić information content (AvgIpc) is 2.47.